The van der Waals surface area contributed by atoms with Crippen LogP contribution < -0.4 is 5.32 Å². The molecule has 0 aliphatic carbocycles. The molecule has 25 heavy (non-hydrogen) atoms. The Morgan fingerprint density at radius 3 is 2.48 bits per heavy atom. The number of para-hydroxylation sites is 2. The lowest BCUT2D eigenvalue weighted by Crippen LogP contribution is -2.01. The summed E-state index contributed by atoms with van der Waals surface area (Å²) in [6, 6.07) is 17.4. The number of nitrogens with zero attached hydrogens (tertiary/aromatic N) is 4. The zero-order valence-electron chi connectivity index (χ0n) is 12.6. The maximum absolute atomic E-state index is 9.15. The minimum Gasteiger partial charge on any atom is -0.436 e. The molecule has 3 aromatic rings. The lowest BCUT2D eigenvalue weighted by molar-refractivity contribution is 0.620. The Morgan fingerprint density at radius 1 is 1.04 bits per heavy atom. The largest absolute Gasteiger partial charge is 0.436 e. The van der Waals surface area contributed by atoms with E-state index in [2.05, 4.69) is 10.3 Å². The Kier molecular flexibility index (Phi) is 4.35. The van der Waals surface area contributed by atoms with Crippen molar-refractivity contribution in [2.24, 2.45) is 0 Å². The van der Waals surface area contributed by atoms with Crippen molar-refractivity contribution in [2.75, 3.05) is 5.32 Å². The Morgan fingerprint density at radius 2 is 1.80 bits per heavy atom. The van der Waals surface area contributed by atoms with Gasteiger partial charge in [0.1, 0.15) is 29.4 Å². The molecular formula is C18H8ClN5O. The summed E-state index contributed by atoms with van der Waals surface area (Å²) in [5.41, 5.74) is 1.86. The Labute approximate surface area is 147 Å². The van der Waals surface area contributed by atoms with Gasteiger partial charge in [0.25, 0.3) is 0 Å². The summed E-state index contributed by atoms with van der Waals surface area (Å²) in [6.45, 7) is 0. The molecule has 0 saturated heterocycles. The van der Waals surface area contributed by atoms with Crippen molar-refractivity contribution >= 4 is 28.4 Å². The third-order valence-corrected chi connectivity index (χ3v) is 3.68. The number of oxazole rings is 1. The van der Waals surface area contributed by atoms with Gasteiger partial charge >= 0.3 is 0 Å². The molecule has 1 heterocycles. The number of aromatic nitrogens is 1. The molecule has 0 spiro atoms. The lowest BCUT2D eigenvalue weighted by atomic mass is 10.2. The molecule has 0 aliphatic rings. The molecule has 0 atom stereocenters. The van der Waals surface area contributed by atoms with Crippen molar-refractivity contribution in [2.45, 2.75) is 0 Å². The van der Waals surface area contributed by atoms with Crippen LogP contribution in [0.3, 0.4) is 0 Å². The van der Waals surface area contributed by atoms with E-state index in [1.165, 1.54) is 0 Å². The van der Waals surface area contributed by atoms with Crippen molar-refractivity contribution in [1.29, 1.82) is 15.8 Å². The summed E-state index contributed by atoms with van der Waals surface area (Å²) in [7, 11) is 0. The molecule has 0 saturated carbocycles. The normalized spacial score (nSPS) is 9.68. The molecule has 6 nitrogen and oxygen atoms in total. The maximum atomic E-state index is 9.15. The van der Waals surface area contributed by atoms with Crippen LogP contribution in [0.5, 0.6) is 0 Å². The predicted octanol–water partition coefficient (Wildman–Crippen LogP) is 4.38. The zero-order valence-corrected chi connectivity index (χ0v) is 13.4. The molecule has 0 aliphatic heterocycles. The molecule has 0 unspecified atom stereocenters. The number of nitriles is 3. The van der Waals surface area contributed by atoms with Gasteiger partial charge in [0, 0.05) is 5.56 Å². The molecule has 2 aromatic carbocycles. The van der Waals surface area contributed by atoms with E-state index in [1.807, 2.05) is 24.3 Å². The summed E-state index contributed by atoms with van der Waals surface area (Å²) in [5, 5.41) is 30.0. The minimum atomic E-state index is -0.328. The number of benzene rings is 2. The van der Waals surface area contributed by atoms with Crippen LogP contribution >= 0.6 is 11.6 Å². The molecular weight excluding hydrogens is 338 g/mol. The van der Waals surface area contributed by atoms with Gasteiger partial charge < -0.3 is 9.73 Å². The van der Waals surface area contributed by atoms with Gasteiger partial charge in [-0.05, 0) is 30.3 Å². The lowest BCUT2D eigenvalue weighted by Gasteiger charge is -2.08. The molecule has 3 rings (SSSR count). The highest BCUT2D eigenvalue weighted by Gasteiger charge is 2.13. The highest BCUT2D eigenvalue weighted by atomic mass is 35.5. The van der Waals surface area contributed by atoms with Gasteiger partial charge in [-0.25, -0.2) is 4.98 Å². The van der Waals surface area contributed by atoms with Crippen LogP contribution in [0.15, 0.2) is 58.2 Å². The van der Waals surface area contributed by atoms with Gasteiger partial charge in [-0.15, -0.1) is 0 Å². The first-order valence-electron chi connectivity index (χ1n) is 7.03. The number of rotatable bonds is 3. The van der Waals surface area contributed by atoms with Crippen molar-refractivity contribution in [3.63, 3.8) is 0 Å². The highest BCUT2D eigenvalue weighted by Crippen LogP contribution is 2.31. The van der Waals surface area contributed by atoms with Crippen LogP contribution in [0.25, 0.3) is 22.6 Å². The van der Waals surface area contributed by atoms with Crippen molar-refractivity contribution in [1.82, 2.24) is 4.98 Å². The van der Waals surface area contributed by atoms with E-state index < -0.39 is 0 Å². The van der Waals surface area contributed by atoms with E-state index in [0.29, 0.717) is 27.7 Å². The zero-order chi connectivity index (χ0) is 17.8. The molecule has 0 fully saturated rings. The molecule has 1 N–H and O–H groups in total. The van der Waals surface area contributed by atoms with E-state index in [0.717, 1.165) is 5.52 Å². The first-order valence-corrected chi connectivity index (χ1v) is 7.41. The third-order valence-electron chi connectivity index (χ3n) is 3.35. The van der Waals surface area contributed by atoms with Crippen molar-refractivity contribution in [3.05, 3.63) is 58.8 Å². The second-order valence-corrected chi connectivity index (χ2v) is 5.30. The number of allylic oxidation sites excluding steroid dienone is 2. The smallest absolute Gasteiger partial charge is 0.227 e. The number of halogens is 1. The maximum Gasteiger partial charge on any atom is 0.227 e. The van der Waals surface area contributed by atoms with E-state index in [9.17, 15) is 0 Å². The highest BCUT2D eigenvalue weighted by molar-refractivity contribution is 6.33. The standard InChI is InChI=1S/C18H8ClN5O/c19-13-6-5-11(18-24-14-3-1-2-4-17(14)25-18)7-15(13)23-16(10-22)12(8-20)9-21/h1-7,23H. The minimum absolute atomic E-state index is 0.179. The van der Waals surface area contributed by atoms with Crippen LogP contribution in [-0.4, -0.2) is 4.98 Å². The summed E-state index contributed by atoms with van der Waals surface area (Å²) >= 11 is 6.14. The van der Waals surface area contributed by atoms with Gasteiger partial charge in [-0.3, -0.25) is 0 Å². The Hall–Kier alpha value is -3.79. The molecule has 1 aromatic heterocycles. The van der Waals surface area contributed by atoms with Crippen molar-refractivity contribution in [3.8, 4) is 29.7 Å². The quantitative estimate of drug-likeness (QED) is 0.705. The summed E-state index contributed by atoms with van der Waals surface area (Å²) < 4.78 is 5.71. The first-order chi connectivity index (χ1) is 12.2. The molecule has 0 amide bonds. The number of fused-ring (bicyclic) bond motifs is 1. The average Bonchev–Trinajstić information content (AvgIpc) is 3.07. The topological polar surface area (TPSA) is 109 Å². The summed E-state index contributed by atoms with van der Waals surface area (Å²) in [4.78, 5) is 4.40. The fraction of sp³-hybridized carbons (Fsp3) is 0. The SMILES string of the molecule is N#CC(C#N)=C(C#N)Nc1cc(-c2nc3ccccc3o2)ccc1Cl. The van der Waals surface area contributed by atoms with E-state index in [-0.39, 0.29) is 11.3 Å². The van der Waals surface area contributed by atoms with Gasteiger partial charge in [-0.2, -0.15) is 15.8 Å². The van der Waals surface area contributed by atoms with Crippen LogP contribution in [0.2, 0.25) is 5.02 Å². The number of anilines is 1. The number of hydrogen-bond acceptors (Lipinski definition) is 6. The molecule has 0 bridgehead atoms. The second-order valence-electron chi connectivity index (χ2n) is 4.89. The predicted molar refractivity (Wildman–Crippen MR) is 91.9 cm³/mol. The summed E-state index contributed by atoms with van der Waals surface area (Å²) in [5.74, 6) is 0.393. The molecule has 7 heteroatoms. The monoisotopic (exact) mass is 345 g/mol. The summed E-state index contributed by atoms with van der Waals surface area (Å²) in [6.07, 6.45) is 0. The molecule has 0 radical (unpaired) electrons. The van der Waals surface area contributed by atoms with E-state index in [4.69, 9.17) is 31.8 Å². The van der Waals surface area contributed by atoms with Crippen LogP contribution in [-0.2, 0) is 0 Å². The Bertz CT molecular complexity index is 1080. The van der Waals surface area contributed by atoms with Crippen LogP contribution in [0.1, 0.15) is 0 Å². The van der Waals surface area contributed by atoms with E-state index >= 15 is 0 Å². The van der Waals surface area contributed by atoms with Gasteiger partial charge in [0.2, 0.25) is 5.89 Å². The fourth-order valence-electron chi connectivity index (χ4n) is 2.17. The number of nitrogens with one attached hydrogen (secondary N) is 1. The van der Waals surface area contributed by atoms with Gasteiger partial charge in [-0.1, -0.05) is 23.7 Å². The number of hydrogen-bond donors (Lipinski definition) is 1. The first kappa shape index (κ1) is 16.1. The van der Waals surface area contributed by atoms with Crippen molar-refractivity contribution < 1.29 is 4.42 Å². The Balaban J connectivity index is 2.04. The van der Waals surface area contributed by atoms with Gasteiger partial charge in [0.15, 0.2) is 11.2 Å². The third kappa shape index (κ3) is 3.14. The second kappa shape index (κ2) is 6.76. The van der Waals surface area contributed by atoms with E-state index in [1.54, 1.807) is 36.4 Å². The fourth-order valence-corrected chi connectivity index (χ4v) is 2.33. The van der Waals surface area contributed by atoms with Gasteiger partial charge in [0.05, 0.1) is 10.7 Å². The van der Waals surface area contributed by atoms with Crippen LogP contribution in [0.4, 0.5) is 5.69 Å². The molecule has 118 valence electrons. The average molecular weight is 346 g/mol. The van der Waals surface area contributed by atoms with Crippen LogP contribution in [0, 0.1) is 34.0 Å².